The standard InChI is InChI=1S/C15H15NO2/c1-2-3-6-9-16-11-12(10-15(17)18)13-7-4-5-8-14(13)16/h1,4-5,7-8,11H,3,6,9-10H2,(H,17,18). The summed E-state index contributed by atoms with van der Waals surface area (Å²) in [5, 5.41) is 9.93. The fourth-order valence-corrected chi connectivity index (χ4v) is 2.16. The van der Waals surface area contributed by atoms with Crippen LogP contribution in [0, 0.1) is 12.3 Å². The molecule has 2 aromatic rings. The van der Waals surface area contributed by atoms with Gasteiger partial charge in [-0.3, -0.25) is 4.79 Å². The summed E-state index contributed by atoms with van der Waals surface area (Å²) in [5.74, 6) is 1.81. The van der Waals surface area contributed by atoms with Crippen molar-refractivity contribution in [1.82, 2.24) is 4.57 Å². The molecule has 1 heterocycles. The van der Waals surface area contributed by atoms with E-state index in [1.807, 2.05) is 30.5 Å². The zero-order valence-electron chi connectivity index (χ0n) is 10.1. The van der Waals surface area contributed by atoms with Crippen LogP contribution in [0.1, 0.15) is 18.4 Å². The van der Waals surface area contributed by atoms with E-state index in [4.69, 9.17) is 11.5 Å². The summed E-state index contributed by atoms with van der Waals surface area (Å²) < 4.78 is 2.09. The second-order valence-corrected chi connectivity index (χ2v) is 4.24. The van der Waals surface area contributed by atoms with Crippen LogP contribution in [0.4, 0.5) is 0 Å². The third-order valence-corrected chi connectivity index (χ3v) is 2.93. The Hall–Kier alpha value is -2.21. The van der Waals surface area contributed by atoms with Crippen molar-refractivity contribution < 1.29 is 9.90 Å². The highest BCUT2D eigenvalue weighted by molar-refractivity contribution is 5.87. The molecule has 0 aliphatic carbocycles. The minimum atomic E-state index is -0.804. The van der Waals surface area contributed by atoms with Gasteiger partial charge in [-0.25, -0.2) is 0 Å². The molecule has 0 amide bonds. The largest absolute Gasteiger partial charge is 0.481 e. The molecule has 0 aliphatic rings. The first-order valence-electron chi connectivity index (χ1n) is 5.94. The first-order valence-corrected chi connectivity index (χ1v) is 5.94. The first kappa shape index (κ1) is 12.3. The van der Waals surface area contributed by atoms with E-state index in [0.29, 0.717) is 0 Å². The smallest absolute Gasteiger partial charge is 0.307 e. The van der Waals surface area contributed by atoms with E-state index >= 15 is 0 Å². The quantitative estimate of drug-likeness (QED) is 0.646. The average molecular weight is 241 g/mol. The Balaban J connectivity index is 2.35. The van der Waals surface area contributed by atoms with Gasteiger partial charge < -0.3 is 9.67 Å². The summed E-state index contributed by atoms with van der Waals surface area (Å²) in [5.41, 5.74) is 1.93. The molecule has 0 spiro atoms. The van der Waals surface area contributed by atoms with Crippen LogP contribution >= 0.6 is 0 Å². The van der Waals surface area contributed by atoms with Crippen LogP contribution in [0.2, 0.25) is 0 Å². The van der Waals surface area contributed by atoms with Gasteiger partial charge in [0.1, 0.15) is 0 Å². The maximum atomic E-state index is 10.8. The van der Waals surface area contributed by atoms with Crippen molar-refractivity contribution in [3.63, 3.8) is 0 Å². The minimum Gasteiger partial charge on any atom is -0.481 e. The number of hydrogen-bond acceptors (Lipinski definition) is 1. The number of hydrogen-bond donors (Lipinski definition) is 1. The van der Waals surface area contributed by atoms with E-state index in [-0.39, 0.29) is 6.42 Å². The predicted octanol–water partition coefficient (Wildman–Crippen LogP) is 2.68. The highest BCUT2D eigenvalue weighted by Gasteiger charge is 2.10. The van der Waals surface area contributed by atoms with Gasteiger partial charge in [0.15, 0.2) is 0 Å². The topological polar surface area (TPSA) is 42.2 Å². The minimum absolute atomic E-state index is 0.0582. The third kappa shape index (κ3) is 2.54. The van der Waals surface area contributed by atoms with Crippen LogP contribution in [0.5, 0.6) is 0 Å². The zero-order chi connectivity index (χ0) is 13.0. The molecule has 0 atom stereocenters. The Morgan fingerprint density at radius 2 is 2.17 bits per heavy atom. The van der Waals surface area contributed by atoms with Crippen LogP contribution in [0.15, 0.2) is 30.5 Å². The summed E-state index contributed by atoms with van der Waals surface area (Å²) in [6.45, 7) is 0.824. The lowest BCUT2D eigenvalue weighted by Crippen LogP contribution is -1.99. The Bertz CT molecular complexity index is 604. The van der Waals surface area contributed by atoms with Gasteiger partial charge in [0.05, 0.1) is 6.42 Å². The number of fused-ring (bicyclic) bond motifs is 1. The number of terminal acetylenes is 1. The van der Waals surface area contributed by atoms with Gasteiger partial charge >= 0.3 is 5.97 Å². The molecule has 0 bridgehead atoms. The molecule has 0 saturated heterocycles. The highest BCUT2D eigenvalue weighted by atomic mass is 16.4. The first-order chi connectivity index (χ1) is 8.72. The van der Waals surface area contributed by atoms with E-state index in [0.717, 1.165) is 35.9 Å². The number of carboxylic acids is 1. The molecule has 1 N–H and O–H groups in total. The summed E-state index contributed by atoms with van der Waals surface area (Å²) >= 11 is 0. The molecule has 1 aromatic heterocycles. The summed E-state index contributed by atoms with van der Waals surface area (Å²) in [6, 6.07) is 7.87. The van der Waals surface area contributed by atoms with Gasteiger partial charge in [0, 0.05) is 30.1 Å². The Morgan fingerprint density at radius 1 is 1.39 bits per heavy atom. The van der Waals surface area contributed by atoms with Crippen molar-refractivity contribution in [3.05, 3.63) is 36.0 Å². The van der Waals surface area contributed by atoms with Gasteiger partial charge in [-0.05, 0) is 18.1 Å². The number of unbranched alkanes of at least 4 members (excludes halogenated alkanes) is 1. The van der Waals surface area contributed by atoms with Crippen LogP contribution in [0.25, 0.3) is 10.9 Å². The zero-order valence-corrected chi connectivity index (χ0v) is 10.1. The van der Waals surface area contributed by atoms with E-state index in [2.05, 4.69) is 10.5 Å². The molecule has 0 aliphatic heterocycles. The number of aryl methyl sites for hydroxylation is 1. The Kier molecular flexibility index (Phi) is 3.69. The van der Waals surface area contributed by atoms with Crippen molar-refractivity contribution in [2.75, 3.05) is 0 Å². The Labute approximate surface area is 106 Å². The van der Waals surface area contributed by atoms with Crippen molar-refractivity contribution in [3.8, 4) is 12.3 Å². The van der Waals surface area contributed by atoms with Crippen molar-refractivity contribution >= 4 is 16.9 Å². The molecule has 2 rings (SSSR count). The van der Waals surface area contributed by atoms with Gasteiger partial charge in [0.25, 0.3) is 0 Å². The van der Waals surface area contributed by atoms with Crippen molar-refractivity contribution in [2.45, 2.75) is 25.8 Å². The van der Waals surface area contributed by atoms with E-state index in [1.165, 1.54) is 0 Å². The van der Waals surface area contributed by atoms with Crippen LogP contribution in [-0.2, 0) is 17.8 Å². The fraction of sp³-hybridized carbons (Fsp3) is 0.267. The molecule has 92 valence electrons. The second-order valence-electron chi connectivity index (χ2n) is 4.24. The molecular formula is C15H15NO2. The number of rotatable bonds is 5. The van der Waals surface area contributed by atoms with Gasteiger partial charge in [-0.2, -0.15) is 0 Å². The highest BCUT2D eigenvalue weighted by Crippen LogP contribution is 2.22. The molecule has 0 saturated carbocycles. The number of carbonyl (C=O) groups is 1. The van der Waals surface area contributed by atoms with Crippen LogP contribution < -0.4 is 0 Å². The molecule has 18 heavy (non-hydrogen) atoms. The van der Waals surface area contributed by atoms with Crippen LogP contribution in [-0.4, -0.2) is 15.6 Å². The maximum Gasteiger partial charge on any atom is 0.307 e. The second kappa shape index (κ2) is 5.42. The number of nitrogens with zero attached hydrogens (tertiary/aromatic N) is 1. The molecule has 0 fully saturated rings. The lowest BCUT2D eigenvalue weighted by molar-refractivity contribution is -0.136. The molecule has 0 unspecified atom stereocenters. The number of para-hydroxylation sites is 1. The third-order valence-electron chi connectivity index (χ3n) is 2.93. The summed E-state index contributed by atoms with van der Waals surface area (Å²) in [6.07, 6.45) is 8.86. The van der Waals surface area contributed by atoms with Crippen molar-refractivity contribution in [1.29, 1.82) is 0 Å². The fourth-order valence-electron chi connectivity index (χ4n) is 2.16. The Morgan fingerprint density at radius 3 is 2.89 bits per heavy atom. The van der Waals surface area contributed by atoms with Gasteiger partial charge in [-0.1, -0.05) is 18.2 Å². The lowest BCUT2D eigenvalue weighted by Gasteiger charge is -2.02. The summed E-state index contributed by atoms with van der Waals surface area (Å²) in [4.78, 5) is 10.8. The normalized spacial score (nSPS) is 10.4. The maximum absolute atomic E-state index is 10.8. The SMILES string of the molecule is C#CCCCn1cc(CC(=O)O)c2ccccc21. The molecule has 3 nitrogen and oxygen atoms in total. The van der Waals surface area contributed by atoms with E-state index < -0.39 is 5.97 Å². The average Bonchev–Trinajstić information content (AvgIpc) is 2.68. The molecule has 3 heteroatoms. The van der Waals surface area contributed by atoms with Crippen molar-refractivity contribution in [2.24, 2.45) is 0 Å². The van der Waals surface area contributed by atoms with Gasteiger partial charge in [-0.15, -0.1) is 12.3 Å². The summed E-state index contributed by atoms with van der Waals surface area (Å²) in [7, 11) is 0. The number of benzene rings is 1. The van der Waals surface area contributed by atoms with Gasteiger partial charge in [0.2, 0.25) is 0 Å². The number of aromatic nitrogens is 1. The molecule has 1 aromatic carbocycles. The monoisotopic (exact) mass is 241 g/mol. The number of aliphatic carboxylic acids is 1. The van der Waals surface area contributed by atoms with Crippen LogP contribution in [0.3, 0.4) is 0 Å². The van der Waals surface area contributed by atoms with E-state index in [9.17, 15) is 4.79 Å². The van der Waals surface area contributed by atoms with E-state index in [1.54, 1.807) is 0 Å². The predicted molar refractivity (Wildman–Crippen MR) is 71.3 cm³/mol. The molecule has 0 radical (unpaired) electrons. The molecular weight excluding hydrogens is 226 g/mol. The lowest BCUT2D eigenvalue weighted by atomic mass is 10.1. The number of carboxylic acid groups (broad SMARTS) is 1.